The van der Waals surface area contributed by atoms with Crippen molar-refractivity contribution in [3.8, 4) is 5.75 Å². The minimum absolute atomic E-state index is 0.168. The minimum Gasteiger partial charge on any atom is -0.497 e. The van der Waals surface area contributed by atoms with Gasteiger partial charge in [0.2, 0.25) is 5.91 Å². The van der Waals surface area contributed by atoms with Crippen molar-refractivity contribution >= 4 is 39.3 Å². The first kappa shape index (κ1) is 23.5. The second-order valence-corrected chi connectivity index (χ2v) is 10.5. The summed E-state index contributed by atoms with van der Waals surface area (Å²) in [6, 6.07) is 7.24. The Hall–Kier alpha value is -2.23. The molecule has 3 heterocycles. The van der Waals surface area contributed by atoms with Crippen molar-refractivity contribution in [3.63, 3.8) is 0 Å². The predicted octanol–water partition coefficient (Wildman–Crippen LogP) is 2.92. The minimum atomic E-state index is -0.393. The van der Waals surface area contributed by atoms with Gasteiger partial charge in [0.25, 0.3) is 0 Å². The Balaban J connectivity index is 1.23. The first-order valence-electron chi connectivity index (χ1n) is 12.4. The van der Waals surface area contributed by atoms with E-state index in [1.165, 1.54) is 25.7 Å². The number of aliphatic imine (C=N–C) groups is 1. The SMILES string of the molecule is COc1cc(NC2CCCC2)c2[nH]c(C3=NC(CCN4CCN(C(=O)CO)CC4)CS3)cc2c1. The molecule has 1 saturated heterocycles. The van der Waals surface area contributed by atoms with Gasteiger partial charge in [0.05, 0.1) is 30.0 Å². The number of aromatic amines is 1. The number of aliphatic hydroxyl groups is 1. The third kappa shape index (κ3) is 5.21. The van der Waals surface area contributed by atoms with E-state index in [-0.39, 0.29) is 5.91 Å². The summed E-state index contributed by atoms with van der Waals surface area (Å²) in [7, 11) is 1.72. The monoisotopic (exact) mass is 485 g/mol. The van der Waals surface area contributed by atoms with E-state index in [9.17, 15) is 4.79 Å². The zero-order chi connectivity index (χ0) is 23.5. The highest BCUT2D eigenvalue weighted by atomic mass is 32.2. The van der Waals surface area contributed by atoms with Crippen LogP contribution in [0.1, 0.15) is 37.8 Å². The summed E-state index contributed by atoms with van der Waals surface area (Å²) in [5.41, 5.74) is 3.33. The molecule has 2 aromatic rings. The van der Waals surface area contributed by atoms with Gasteiger partial charge in [-0.1, -0.05) is 12.8 Å². The topological polar surface area (TPSA) is 93.2 Å². The maximum atomic E-state index is 11.6. The summed E-state index contributed by atoms with van der Waals surface area (Å²) < 4.78 is 5.57. The second kappa shape index (κ2) is 10.6. The smallest absolute Gasteiger partial charge is 0.248 e. The lowest BCUT2D eigenvalue weighted by atomic mass is 10.1. The van der Waals surface area contributed by atoms with Crippen molar-refractivity contribution in [3.05, 3.63) is 23.9 Å². The number of piperazine rings is 1. The maximum absolute atomic E-state index is 11.6. The molecule has 1 aliphatic carbocycles. The molecule has 9 heteroatoms. The van der Waals surface area contributed by atoms with Crippen LogP contribution in [-0.4, -0.2) is 95.1 Å². The molecule has 184 valence electrons. The van der Waals surface area contributed by atoms with Crippen molar-refractivity contribution in [2.75, 3.05) is 57.5 Å². The fourth-order valence-electron chi connectivity index (χ4n) is 5.22. The van der Waals surface area contributed by atoms with Crippen molar-refractivity contribution in [1.82, 2.24) is 14.8 Å². The quantitative estimate of drug-likeness (QED) is 0.532. The molecule has 1 amide bonds. The van der Waals surface area contributed by atoms with Crippen LogP contribution in [0.3, 0.4) is 0 Å². The van der Waals surface area contributed by atoms with Crippen LogP contribution < -0.4 is 10.1 Å². The number of amides is 1. The molecule has 2 aliphatic heterocycles. The Morgan fingerprint density at radius 3 is 2.76 bits per heavy atom. The van der Waals surface area contributed by atoms with Crippen LogP contribution in [0.25, 0.3) is 10.9 Å². The van der Waals surface area contributed by atoms with Crippen LogP contribution in [0, 0.1) is 0 Å². The van der Waals surface area contributed by atoms with Crippen LogP contribution in [0.5, 0.6) is 5.75 Å². The number of fused-ring (bicyclic) bond motifs is 1. The Kier molecular flexibility index (Phi) is 7.32. The van der Waals surface area contributed by atoms with E-state index in [4.69, 9.17) is 14.8 Å². The molecule has 3 N–H and O–H groups in total. The van der Waals surface area contributed by atoms with Gasteiger partial charge >= 0.3 is 0 Å². The molecular formula is C25H35N5O3S. The highest BCUT2D eigenvalue weighted by Gasteiger charge is 2.25. The van der Waals surface area contributed by atoms with E-state index in [2.05, 4.69) is 33.4 Å². The summed E-state index contributed by atoms with van der Waals surface area (Å²) in [5, 5.41) is 15.0. The van der Waals surface area contributed by atoms with E-state index in [1.807, 2.05) is 11.8 Å². The molecule has 2 fully saturated rings. The molecule has 34 heavy (non-hydrogen) atoms. The summed E-state index contributed by atoms with van der Waals surface area (Å²) in [6.07, 6.45) is 6.07. The van der Waals surface area contributed by atoms with Gasteiger partial charge in [0.1, 0.15) is 17.4 Å². The zero-order valence-corrected chi connectivity index (χ0v) is 20.7. The molecule has 0 spiro atoms. The van der Waals surface area contributed by atoms with E-state index in [1.54, 1.807) is 12.0 Å². The Bertz CT molecular complexity index is 1040. The van der Waals surface area contributed by atoms with Crippen LogP contribution in [0.4, 0.5) is 5.69 Å². The number of anilines is 1. The van der Waals surface area contributed by atoms with E-state index in [0.29, 0.717) is 25.2 Å². The third-order valence-corrected chi connectivity index (χ3v) is 8.38. The fourth-order valence-corrected chi connectivity index (χ4v) is 6.30. The van der Waals surface area contributed by atoms with Gasteiger partial charge in [-0.25, -0.2) is 0 Å². The van der Waals surface area contributed by atoms with Gasteiger partial charge in [-0.2, -0.15) is 0 Å². The number of aliphatic hydroxyl groups excluding tert-OH is 1. The van der Waals surface area contributed by atoms with Gasteiger partial charge in [-0.3, -0.25) is 14.7 Å². The number of methoxy groups -OCH3 is 1. The third-order valence-electron chi connectivity index (χ3n) is 7.23. The average molecular weight is 486 g/mol. The van der Waals surface area contributed by atoms with Crippen molar-refractivity contribution in [2.24, 2.45) is 4.99 Å². The number of aromatic nitrogens is 1. The van der Waals surface area contributed by atoms with Gasteiger partial charge < -0.3 is 25.0 Å². The normalized spacial score (nSPS) is 21.9. The first-order valence-corrected chi connectivity index (χ1v) is 13.4. The van der Waals surface area contributed by atoms with Gasteiger partial charge in [0.15, 0.2) is 0 Å². The number of benzene rings is 1. The molecule has 1 unspecified atom stereocenters. The van der Waals surface area contributed by atoms with Gasteiger partial charge in [0, 0.05) is 56.0 Å². The van der Waals surface area contributed by atoms with Crippen LogP contribution in [0.2, 0.25) is 0 Å². The number of H-pyrrole nitrogens is 1. The summed E-state index contributed by atoms with van der Waals surface area (Å²) >= 11 is 1.83. The number of nitrogens with one attached hydrogen (secondary N) is 2. The molecule has 5 rings (SSSR count). The molecule has 0 bridgehead atoms. The Labute approximate surface area is 205 Å². The number of hydrogen-bond donors (Lipinski definition) is 3. The molecule has 3 aliphatic rings. The highest BCUT2D eigenvalue weighted by Crippen LogP contribution is 2.34. The predicted molar refractivity (Wildman–Crippen MR) is 138 cm³/mol. The number of hydrogen-bond acceptors (Lipinski definition) is 7. The standard InChI is InChI=1S/C25H35N5O3S/c1-33-20-12-17-13-22(28-24(17)21(14-20)26-18-4-2-3-5-18)25-27-19(16-34-25)6-7-29-8-10-30(11-9-29)23(32)15-31/h12-14,18-19,26,28,31H,2-11,15-16H2,1H3. The average Bonchev–Trinajstić information content (AvgIpc) is 3.63. The second-order valence-electron chi connectivity index (χ2n) is 9.52. The zero-order valence-electron chi connectivity index (χ0n) is 19.9. The van der Waals surface area contributed by atoms with Crippen LogP contribution in [0.15, 0.2) is 23.2 Å². The Morgan fingerprint density at radius 1 is 1.24 bits per heavy atom. The van der Waals surface area contributed by atoms with E-state index >= 15 is 0 Å². The van der Waals surface area contributed by atoms with Crippen LogP contribution in [-0.2, 0) is 4.79 Å². The van der Waals surface area contributed by atoms with E-state index in [0.717, 1.165) is 64.9 Å². The largest absolute Gasteiger partial charge is 0.497 e. The first-order chi connectivity index (χ1) is 16.6. The molecular weight excluding hydrogens is 450 g/mol. The maximum Gasteiger partial charge on any atom is 0.248 e. The number of carbonyl (C=O) groups excluding carboxylic acids is 1. The fraction of sp³-hybridized carbons (Fsp3) is 0.600. The van der Waals surface area contributed by atoms with Crippen molar-refractivity contribution in [1.29, 1.82) is 0 Å². The number of thioether (sulfide) groups is 1. The lowest BCUT2D eigenvalue weighted by Crippen LogP contribution is -2.49. The summed E-state index contributed by atoms with van der Waals surface area (Å²) in [4.78, 5) is 24.5. The summed E-state index contributed by atoms with van der Waals surface area (Å²) in [6.45, 7) is 3.72. The number of nitrogens with zero attached hydrogens (tertiary/aromatic N) is 3. The lowest BCUT2D eigenvalue weighted by molar-refractivity contribution is -0.135. The molecule has 0 radical (unpaired) electrons. The van der Waals surface area contributed by atoms with Crippen LogP contribution >= 0.6 is 11.8 Å². The summed E-state index contributed by atoms with van der Waals surface area (Å²) in [5.74, 6) is 1.71. The molecule has 1 atom stereocenters. The van der Waals surface area contributed by atoms with Crippen molar-refractivity contribution in [2.45, 2.75) is 44.2 Å². The molecule has 1 saturated carbocycles. The highest BCUT2D eigenvalue weighted by molar-refractivity contribution is 8.14. The van der Waals surface area contributed by atoms with Gasteiger partial charge in [-0.05, 0) is 31.4 Å². The van der Waals surface area contributed by atoms with E-state index < -0.39 is 6.61 Å². The number of ether oxygens (including phenoxy) is 1. The lowest BCUT2D eigenvalue weighted by Gasteiger charge is -2.34. The number of rotatable bonds is 8. The number of carbonyl (C=O) groups is 1. The van der Waals surface area contributed by atoms with Crippen molar-refractivity contribution < 1.29 is 14.6 Å². The molecule has 8 nitrogen and oxygen atoms in total. The Morgan fingerprint density at radius 2 is 2.03 bits per heavy atom. The molecule has 1 aromatic heterocycles. The molecule has 1 aromatic carbocycles. The van der Waals surface area contributed by atoms with Gasteiger partial charge in [-0.15, -0.1) is 11.8 Å².